The van der Waals surface area contributed by atoms with Gasteiger partial charge >= 0.3 is 5.97 Å². The highest BCUT2D eigenvalue weighted by Gasteiger charge is 2.04. The van der Waals surface area contributed by atoms with Gasteiger partial charge in [-0.3, -0.25) is 0 Å². The standard InChI is InChI=1S/C13H12N2O2S/c1-2-10-7-12(15-8-14-10)18-11-5-3-9(4-6-11)13(16)17/h3-8H,2H2,1H3,(H,16,17). The van der Waals surface area contributed by atoms with Crippen LogP contribution < -0.4 is 0 Å². The zero-order valence-corrected chi connectivity index (χ0v) is 10.6. The quantitative estimate of drug-likeness (QED) is 0.856. The number of aromatic nitrogens is 2. The Morgan fingerprint density at radius 2 is 2.00 bits per heavy atom. The maximum Gasteiger partial charge on any atom is 0.335 e. The summed E-state index contributed by atoms with van der Waals surface area (Å²) in [5.41, 5.74) is 1.28. The van der Waals surface area contributed by atoms with Crippen molar-refractivity contribution < 1.29 is 9.90 Å². The summed E-state index contributed by atoms with van der Waals surface area (Å²) in [5, 5.41) is 9.67. The molecule has 92 valence electrons. The molecule has 0 saturated heterocycles. The Morgan fingerprint density at radius 3 is 2.61 bits per heavy atom. The second-order valence-corrected chi connectivity index (χ2v) is 4.73. The molecule has 2 aromatic rings. The van der Waals surface area contributed by atoms with Gasteiger partial charge in [0.05, 0.1) is 5.56 Å². The zero-order chi connectivity index (χ0) is 13.0. The third-order valence-electron chi connectivity index (χ3n) is 2.38. The minimum atomic E-state index is -0.915. The van der Waals surface area contributed by atoms with Crippen LogP contribution in [0.25, 0.3) is 0 Å². The Bertz CT molecular complexity index is 555. The molecule has 0 atom stereocenters. The summed E-state index contributed by atoms with van der Waals surface area (Å²) < 4.78 is 0. The average Bonchev–Trinajstić information content (AvgIpc) is 2.39. The monoisotopic (exact) mass is 260 g/mol. The van der Waals surface area contributed by atoms with E-state index in [1.165, 1.54) is 11.8 Å². The Hall–Kier alpha value is -1.88. The van der Waals surface area contributed by atoms with E-state index in [9.17, 15) is 4.79 Å². The molecule has 0 bridgehead atoms. The molecule has 2 rings (SSSR count). The van der Waals surface area contributed by atoms with Crippen molar-refractivity contribution in [3.63, 3.8) is 0 Å². The fraction of sp³-hybridized carbons (Fsp3) is 0.154. The van der Waals surface area contributed by atoms with Crippen molar-refractivity contribution in [1.82, 2.24) is 9.97 Å². The number of carbonyl (C=O) groups is 1. The van der Waals surface area contributed by atoms with Crippen molar-refractivity contribution in [2.24, 2.45) is 0 Å². The number of benzene rings is 1. The van der Waals surface area contributed by atoms with Crippen LogP contribution in [0.15, 0.2) is 46.6 Å². The van der Waals surface area contributed by atoms with Crippen molar-refractivity contribution in [3.8, 4) is 0 Å². The van der Waals surface area contributed by atoms with E-state index in [1.807, 2.05) is 13.0 Å². The van der Waals surface area contributed by atoms with E-state index in [4.69, 9.17) is 5.11 Å². The Balaban J connectivity index is 2.15. The molecule has 0 aliphatic carbocycles. The first-order valence-corrected chi connectivity index (χ1v) is 6.33. The molecule has 0 radical (unpaired) electrons. The van der Waals surface area contributed by atoms with Crippen LogP contribution in [0.1, 0.15) is 23.0 Å². The van der Waals surface area contributed by atoms with Gasteiger partial charge in [0.25, 0.3) is 0 Å². The smallest absolute Gasteiger partial charge is 0.335 e. The lowest BCUT2D eigenvalue weighted by molar-refractivity contribution is 0.0697. The minimum absolute atomic E-state index is 0.288. The fourth-order valence-electron chi connectivity index (χ4n) is 1.41. The van der Waals surface area contributed by atoms with Crippen LogP contribution in [0.4, 0.5) is 0 Å². The first-order valence-electron chi connectivity index (χ1n) is 5.51. The molecule has 0 unspecified atom stereocenters. The molecule has 0 spiro atoms. The molecule has 1 N–H and O–H groups in total. The summed E-state index contributed by atoms with van der Waals surface area (Å²) in [7, 11) is 0. The van der Waals surface area contributed by atoms with Crippen LogP contribution in [0.2, 0.25) is 0 Å². The molecule has 0 fully saturated rings. The fourth-order valence-corrected chi connectivity index (χ4v) is 2.22. The van der Waals surface area contributed by atoms with Crippen LogP contribution in [0.3, 0.4) is 0 Å². The van der Waals surface area contributed by atoms with Gasteiger partial charge in [0.1, 0.15) is 11.4 Å². The minimum Gasteiger partial charge on any atom is -0.478 e. The molecule has 0 aliphatic heterocycles. The maximum absolute atomic E-state index is 10.7. The summed E-state index contributed by atoms with van der Waals surface area (Å²) in [6, 6.07) is 8.68. The molecular formula is C13H12N2O2S. The van der Waals surface area contributed by atoms with Crippen molar-refractivity contribution in [2.45, 2.75) is 23.3 Å². The maximum atomic E-state index is 10.7. The van der Waals surface area contributed by atoms with Gasteiger partial charge in [0.15, 0.2) is 0 Å². The molecule has 18 heavy (non-hydrogen) atoms. The number of aryl methyl sites for hydroxylation is 1. The van der Waals surface area contributed by atoms with Crippen molar-refractivity contribution in [1.29, 1.82) is 0 Å². The summed E-state index contributed by atoms with van der Waals surface area (Å²) in [6.07, 6.45) is 2.42. The van der Waals surface area contributed by atoms with Gasteiger partial charge < -0.3 is 5.11 Å². The summed E-state index contributed by atoms with van der Waals surface area (Å²) in [4.78, 5) is 20.0. The van der Waals surface area contributed by atoms with E-state index in [1.54, 1.807) is 30.6 Å². The van der Waals surface area contributed by atoms with Crippen molar-refractivity contribution in [3.05, 3.63) is 47.9 Å². The molecular weight excluding hydrogens is 248 g/mol. The highest BCUT2D eigenvalue weighted by molar-refractivity contribution is 7.99. The number of nitrogens with zero attached hydrogens (tertiary/aromatic N) is 2. The Morgan fingerprint density at radius 1 is 1.28 bits per heavy atom. The van der Waals surface area contributed by atoms with Gasteiger partial charge in [0.2, 0.25) is 0 Å². The molecule has 1 heterocycles. The highest BCUT2D eigenvalue weighted by Crippen LogP contribution is 2.26. The average molecular weight is 260 g/mol. The van der Waals surface area contributed by atoms with Crippen LogP contribution in [0.5, 0.6) is 0 Å². The van der Waals surface area contributed by atoms with Gasteiger partial charge in [-0.1, -0.05) is 18.7 Å². The predicted octanol–water partition coefficient (Wildman–Crippen LogP) is 2.89. The van der Waals surface area contributed by atoms with E-state index in [-0.39, 0.29) is 5.56 Å². The second kappa shape index (κ2) is 5.64. The second-order valence-electron chi connectivity index (χ2n) is 3.63. The van der Waals surface area contributed by atoms with E-state index in [0.29, 0.717) is 0 Å². The SMILES string of the molecule is CCc1cc(Sc2ccc(C(=O)O)cc2)ncn1. The predicted molar refractivity (Wildman–Crippen MR) is 68.9 cm³/mol. The summed E-state index contributed by atoms with van der Waals surface area (Å²) in [5.74, 6) is -0.915. The van der Waals surface area contributed by atoms with E-state index in [0.717, 1.165) is 22.0 Å². The van der Waals surface area contributed by atoms with Crippen molar-refractivity contribution >= 4 is 17.7 Å². The lowest BCUT2D eigenvalue weighted by atomic mass is 10.2. The number of rotatable bonds is 4. The van der Waals surface area contributed by atoms with Crippen LogP contribution in [0, 0.1) is 0 Å². The molecule has 1 aromatic carbocycles. The first kappa shape index (κ1) is 12.6. The Kier molecular flexibility index (Phi) is 3.94. The van der Waals surface area contributed by atoms with Crippen LogP contribution in [-0.4, -0.2) is 21.0 Å². The topological polar surface area (TPSA) is 63.1 Å². The molecule has 1 aromatic heterocycles. The number of hydrogen-bond donors (Lipinski definition) is 1. The molecule has 0 amide bonds. The number of hydrogen-bond acceptors (Lipinski definition) is 4. The number of carboxylic acid groups (broad SMARTS) is 1. The normalized spacial score (nSPS) is 10.3. The van der Waals surface area contributed by atoms with Gasteiger partial charge in [-0.2, -0.15) is 0 Å². The largest absolute Gasteiger partial charge is 0.478 e. The third kappa shape index (κ3) is 3.07. The molecule has 4 nitrogen and oxygen atoms in total. The molecule has 5 heteroatoms. The summed E-state index contributed by atoms with van der Waals surface area (Å²) >= 11 is 1.49. The molecule has 0 aliphatic rings. The van der Waals surface area contributed by atoms with Gasteiger partial charge in [-0.15, -0.1) is 0 Å². The Labute approximate surface area is 109 Å². The van der Waals surface area contributed by atoms with Crippen LogP contribution >= 0.6 is 11.8 Å². The lowest BCUT2D eigenvalue weighted by Gasteiger charge is -2.02. The van der Waals surface area contributed by atoms with E-state index >= 15 is 0 Å². The van der Waals surface area contributed by atoms with E-state index in [2.05, 4.69) is 9.97 Å². The first-order chi connectivity index (χ1) is 8.69. The molecule has 0 saturated carbocycles. The van der Waals surface area contributed by atoms with Gasteiger partial charge in [-0.05, 0) is 36.8 Å². The summed E-state index contributed by atoms with van der Waals surface area (Å²) in [6.45, 7) is 2.04. The van der Waals surface area contributed by atoms with Crippen LogP contribution in [-0.2, 0) is 6.42 Å². The highest BCUT2D eigenvalue weighted by atomic mass is 32.2. The third-order valence-corrected chi connectivity index (χ3v) is 3.32. The van der Waals surface area contributed by atoms with Gasteiger partial charge in [0, 0.05) is 10.6 Å². The number of carboxylic acids is 1. The van der Waals surface area contributed by atoms with Gasteiger partial charge in [-0.25, -0.2) is 14.8 Å². The lowest BCUT2D eigenvalue weighted by Crippen LogP contribution is -1.94. The zero-order valence-electron chi connectivity index (χ0n) is 9.83. The number of aromatic carboxylic acids is 1. The van der Waals surface area contributed by atoms with E-state index < -0.39 is 5.97 Å². The van der Waals surface area contributed by atoms with Crippen molar-refractivity contribution in [2.75, 3.05) is 0 Å².